The molecule has 0 saturated heterocycles. The Morgan fingerprint density at radius 3 is 2.35 bits per heavy atom. The summed E-state index contributed by atoms with van der Waals surface area (Å²) in [6.07, 6.45) is 5.61. The molecular formula is C19H21N3O2S2. The molecule has 0 spiro atoms. The van der Waals surface area contributed by atoms with Crippen molar-refractivity contribution in [2.75, 3.05) is 4.72 Å². The molecule has 0 aliphatic carbocycles. The highest BCUT2D eigenvalue weighted by atomic mass is 32.2. The molecule has 1 heterocycles. The van der Waals surface area contributed by atoms with Crippen LogP contribution in [0.1, 0.15) is 18.9 Å². The summed E-state index contributed by atoms with van der Waals surface area (Å²) in [5, 5.41) is 0.880. The number of anilines is 1. The fourth-order valence-electron chi connectivity index (χ4n) is 2.48. The van der Waals surface area contributed by atoms with Gasteiger partial charge >= 0.3 is 0 Å². The third-order valence-electron chi connectivity index (χ3n) is 3.86. The maximum Gasteiger partial charge on any atom is 0.261 e. The summed E-state index contributed by atoms with van der Waals surface area (Å²) in [6, 6.07) is 14.3. The van der Waals surface area contributed by atoms with Crippen molar-refractivity contribution in [2.24, 2.45) is 7.05 Å². The first-order valence-electron chi connectivity index (χ1n) is 8.35. The van der Waals surface area contributed by atoms with E-state index in [1.54, 1.807) is 30.5 Å². The number of benzene rings is 2. The highest BCUT2D eigenvalue weighted by Gasteiger charge is 2.14. The van der Waals surface area contributed by atoms with Crippen LogP contribution in [0.4, 0.5) is 5.69 Å². The summed E-state index contributed by atoms with van der Waals surface area (Å²) in [5.41, 5.74) is 1.67. The van der Waals surface area contributed by atoms with Gasteiger partial charge in [0.25, 0.3) is 10.0 Å². The molecule has 2 aromatic carbocycles. The van der Waals surface area contributed by atoms with Crippen LogP contribution in [0.3, 0.4) is 0 Å². The van der Waals surface area contributed by atoms with Gasteiger partial charge in [-0.05, 0) is 48.4 Å². The second-order valence-corrected chi connectivity index (χ2v) is 8.67. The van der Waals surface area contributed by atoms with E-state index in [0.717, 1.165) is 28.5 Å². The average Bonchev–Trinajstić information content (AvgIpc) is 3.02. The Hall–Kier alpha value is -2.25. The molecule has 1 aromatic heterocycles. The quantitative estimate of drug-likeness (QED) is 0.656. The summed E-state index contributed by atoms with van der Waals surface area (Å²) in [4.78, 5) is 5.53. The van der Waals surface area contributed by atoms with Gasteiger partial charge in [0.05, 0.1) is 4.90 Å². The van der Waals surface area contributed by atoms with Crippen molar-refractivity contribution < 1.29 is 8.42 Å². The van der Waals surface area contributed by atoms with Crippen LogP contribution in [-0.2, 0) is 23.5 Å². The molecule has 0 aliphatic rings. The van der Waals surface area contributed by atoms with Crippen LogP contribution >= 0.6 is 11.8 Å². The van der Waals surface area contributed by atoms with Crippen LogP contribution in [0.25, 0.3) is 0 Å². The largest absolute Gasteiger partial charge is 0.329 e. The van der Waals surface area contributed by atoms with Gasteiger partial charge in [-0.3, -0.25) is 4.72 Å². The van der Waals surface area contributed by atoms with Gasteiger partial charge in [-0.1, -0.05) is 37.2 Å². The standard InChI is InChI=1S/C19H21N3O2S2/c1-3-4-15-5-11-18(12-6-15)26(23,24)21-16-7-9-17(10-8-16)25-19-20-13-14-22(19)2/h5-14,21H,3-4H2,1-2H3. The number of aryl methyl sites for hydroxylation is 2. The van der Waals surface area contributed by atoms with Gasteiger partial charge in [0, 0.05) is 30.0 Å². The van der Waals surface area contributed by atoms with Crippen molar-refractivity contribution in [3.05, 3.63) is 66.5 Å². The maximum absolute atomic E-state index is 12.5. The van der Waals surface area contributed by atoms with E-state index in [9.17, 15) is 8.42 Å². The summed E-state index contributed by atoms with van der Waals surface area (Å²) in [5.74, 6) is 0. The molecule has 0 saturated carbocycles. The van der Waals surface area contributed by atoms with Crippen molar-refractivity contribution in [1.82, 2.24) is 9.55 Å². The predicted molar refractivity (Wildman–Crippen MR) is 105 cm³/mol. The molecule has 0 atom stereocenters. The molecule has 136 valence electrons. The Morgan fingerprint density at radius 2 is 1.77 bits per heavy atom. The normalized spacial score (nSPS) is 11.5. The fraction of sp³-hybridized carbons (Fsp3) is 0.211. The molecule has 0 bridgehead atoms. The lowest BCUT2D eigenvalue weighted by atomic mass is 10.1. The van der Waals surface area contributed by atoms with Gasteiger partial charge < -0.3 is 4.57 Å². The van der Waals surface area contributed by atoms with Crippen molar-refractivity contribution in [1.29, 1.82) is 0 Å². The van der Waals surface area contributed by atoms with Crippen LogP contribution in [0.5, 0.6) is 0 Å². The topological polar surface area (TPSA) is 64.0 Å². The lowest BCUT2D eigenvalue weighted by Gasteiger charge is -2.09. The van der Waals surface area contributed by atoms with Crippen molar-refractivity contribution in [3.63, 3.8) is 0 Å². The first-order valence-corrected chi connectivity index (χ1v) is 10.6. The second-order valence-electron chi connectivity index (χ2n) is 5.95. The number of nitrogens with one attached hydrogen (secondary N) is 1. The SMILES string of the molecule is CCCc1ccc(S(=O)(=O)Nc2ccc(Sc3nccn3C)cc2)cc1. The third kappa shape index (κ3) is 4.47. The first-order chi connectivity index (χ1) is 12.5. The van der Waals surface area contributed by atoms with Crippen LogP contribution in [0.2, 0.25) is 0 Å². The van der Waals surface area contributed by atoms with E-state index in [2.05, 4.69) is 16.6 Å². The molecule has 5 nitrogen and oxygen atoms in total. The Labute approximate surface area is 158 Å². The molecule has 0 amide bonds. The number of hydrogen-bond donors (Lipinski definition) is 1. The van der Waals surface area contributed by atoms with E-state index in [0.29, 0.717) is 5.69 Å². The monoisotopic (exact) mass is 387 g/mol. The highest BCUT2D eigenvalue weighted by Crippen LogP contribution is 2.27. The number of rotatable bonds is 7. The van der Waals surface area contributed by atoms with E-state index in [4.69, 9.17) is 0 Å². The van der Waals surface area contributed by atoms with E-state index in [-0.39, 0.29) is 4.90 Å². The zero-order chi connectivity index (χ0) is 18.6. The number of hydrogen-bond acceptors (Lipinski definition) is 4. The maximum atomic E-state index is 12.5. The molecule has 0 fully saturated rings. The Morgan fingerprint density at radius 1 is 1.08 bits per heavy atom. The lowest BCUT2D eigenvalue weighted by Crippen LogP contribution is -2.12. The van der Waals surface area contributed by atoms with E-state index < -0.39 is 10.0 Å². The minimum absolute atomic E-state index is 0.267. The zero-order valence-electron chi connectivity index (χ0n) is 14.7. The van der Waals surface area contributed by atoms with Crippen LogP contribution in [0, 0.1) is 0 Å². The van der Waals surface area contributed by atoms with Gasteiger partial charge in [0.1, 0.15) is 0 Å². The highest BCUT2D eigenvalue weighted by molar-refractivity contribution is 7.99. The fourth-order valence-corrected chi connectivity index (χ4v) is 4.34. The van der Waals surface area contributed by atoms with Crippen molar-refractivity contribution in [3.8, 4) is 0 Å². The van der Waals surface area contributed by atoms with Crippen LogP contribution in [-0.4, -0.2) is 18.0 Å². The van der Waals surface area contributed by atoms with Gasteiger partial charge in [-0.15, -0.1) is 0 Å². The van der Waals surface area contributed by atoms with Gasteiger partial charge in [-0.25, -0.2) is 13.4 Å². The summed E-state index contributed by atoms with van der Waals surface area (Å²) in [7, 11) is -1.65. The third-order valence-corrected chi connectivity index (χ3v) is 6.35. The zero-order valence-corrected chi connectivity index (χ0v) is 16.3. The predicted octanol–water partition coefficient (Wildman–Crippen LogP) is 4.32. The lowest BCUT2D eigenvalue weighted by molar-refractivity contribution is 0.601. The Bertz CT molecular complexity index is 963. The van der Waals surface area contributed by atoms with E-state index in [1.165, 1.54) is 11.8 Å². The van der Waals surface area contributed by atoms with Gasteiger partial charge in [0.15, 0.2) is 5.16 Å². The summed E-state index contributed by atoms with van der Waals surface area (Å²) >= 11 is 1.52. The Balaban J connectivity index is 1.70. The molecule has 3 rings (SSSR count). The Kier molecular flexibility index (Phi) is 5.68. The molecule has 3 aromatic rings. The summed E-state index contributed by atoms with van der Waals surface area (Å²) in [6.45, 7) is 2.10. The smallest absolute Gasteiger partial charge is 0.261 e. The average molecular weight is 388 g/mol. The minimum atomic E-state index is -3.59. The van der Waals surface area contributed by atoms with Crippen LogP contribution < -0.4 is 4.72 Å². The van der Waals surface area contributed by atoms with E-state index in [1.807, 2.05) is 42.1 Å². The first kappa shape index (κ1) is 18.5. The molecular weight excluding hydrogens is 366 g/mol. The number of aromatic nitrogens is 2. The van der Waals surface area contributed by atoms with Gasteiger partial charge in [0.2, 0.25) is 0 Å². The molecule has 1 N–H and O–H groups in total. The molecule has 26 heavy (non-hydrogen) atoms. The van der Waals surface area contributed by atoms with Crippen LogP contribution in [0.15, 0.2) is 75.9 Å². The molecule has 0 radical (unpaired) electrons. The molecule has 0 aliphatic heterocycles. The van der Waals surface area contributed by atoms with Crippen molar-refractivity contribution >= 4 is 27.5 Å². The summed E-state index contributed by atoms with van der Waals surface area (Å²) < 4.78 is 29.6. The number of nitrogens with zero attached hydrogens (tertiary/aromatic N) is 2. The molecule has 7 heteroatoms. The van der Waals surface area contributed by atoms with E-state index >= 15 is 0 Å². The minimum Gasteiger partial charge on any atom is -0.329 e. The number of imidazole rings is 1. The second kappa shape index (κ2) is 7.97. The van der Waals surface area contributed by atoms with Crippen molar-refractivity contribution in [2.45, 2.75) is 34.7 Å². The van der Waals surface area contributed by atoms with Gasteiger partial charge in [-0.2, -0.15) is 0 Å². The molecule has 0 unspecified atom stereocenters. The number of sulfonamides is 1.